The Morgan fingerprint density at radius 1 is 1.27 bits per heavy atom. The number of nitrogens with zero attached hydrogens (tertiary/aromatic N) is 2. The molecule has 0 saturated carbocycles. The summed E-state index contributed by atoms with van der Waals surface area (Å²) in [6.45, 7) is 1.27. The second-order valence-electron chi connectivity index (χ2n) is 6.96. The molecule has 1 aliphatic heterocycles. The molecule has 30 heavy (non-hydrogen) atoms. The van der Waals surface area contributed by atoms with Crippen molar-refractivity contribution in [3.8, 4) is 0 Å². The van der Waals surface area contributed by atoms with Crippen LogP contribution in [0.25, 0.3) is 0 Å². The van der Waals surface area contributed by atoms with Crippen LogP contribution < -0.4 is 10.2 Å². The Kier molecular flexibility index (Phi) is 6.28. The fraction of sp³-hybridized carbons (Fsp3) is 0.400. The van der Waals surface area contributed by atoms with E-state index in [0.29, 0.717) is 5.69 Å². The predicted molar refractivity (Wildman–Crippen MR) is 98.2 cm³/mol. The Balaban J connectivity index is 0.00000320. The SMILES string of the molecule is Cc1cc(C(F)(F)F)nc(N2CCCC(F)(F)CC2)c1C(=O)Nc1c[c-]ccc1.[Lr]. The van der Waals surface area contributed by atoms with Crippen molar-refractivity contribution < 1.29 is 26.7 Å². The van der Waals surface area contributed by atoms with Gasteiger partial charge in [-0.05, 0) is 25.0 Å². The Hall–Kier alpha value is -3.71. The fourth-order valence-corrected chi connectivity index (χ4v) is 3.25. The molecule has 0 unspecified atom stereocenters. The summed E-state index contributed by atoms with van der Waals surface area (Å²) in [5, 5.41) is 2.60. The van der Waals surface area contributed by atoms with Crippen molar-refractivity contribution in [2.24, 2.45) is 0 Å². The van der Waals surface area contributed by atoms with Gasteiger partial charge in [0.15, 0.2) is 0 Å². The molecular weight excluding hydrogens is 655 g/mol. The minimum absolute atomic E-state index is 0. The zero-order valence-electron chi connectivity index (χ0n) is 15.9. The molecule has 2 aromatic rings. The molecular formula is C20H19F5LrN3O-. The third-order valence-electron chi connectivity index (χ3n) is 4.70. The fourth-order valence-electron chi connectivity index (χ4n) is 3.25. The summed E-state index contributed by atoms with van der Waals surface area (Å²) in [5.41, 5.74) is -0.751. The van der Waals surface area contributed by atoms with E-state index in [1.54, 1.807) is 18.2 Å². The molecule has 171 valence electrons. The molecule has 1 radical (unpaired) electrons. The van der Waals surface area contributed by atoms with Crippen molar-refractivity contribution in [3.63, 3.8) is 0 Å². The quantitative estimate of drug-likeness (QED) is 0.365. The first-order valence-electron chi connectivity index (χ1n) is 9.06. The average molecular weight is 674 g/mol. The van der Waals surface area contributed by atoms with Gasteiger partial charge in [0.2, 0.25) is 11.8 Å². The predicted octanol–water partition coefficient (Wildman–Crippen LogP) is 5.09. The maximum atomic E-state index is 13.7. The number of rotatable bonds is 3. The van der Waals surface area contributed by atoms with Crippen LogP contribution in [0.15, 0.2) is 30.3 Å². The molecule has 0 atom stereocenters. The number of carbonyl (C=O) groups is 1. The second-order valence-corrected chi connectivity index (χ2v) is 6.96. The molecule has 1 N–H and O–H groups in total. The van der Waals surface area contributed by atoms with Crippen molar-refractivity contribution in [1.29, 1.82) is 0 Å². The monoisotopic (exact) mass is 674 g/mol. The number of pyridine rings is 1. The molecule has 1 aromatic heterocycles. The van der Waals surface area contributed by atoms with E-state index in [1.807, 2.05) is 0 Å². The van der Waals surface area contributed by atoms with Crippen LogP contribution in [0.5, 0.6) is 0 Å². The number of halogens is 5. The van der Waals surface area contributed by atoms with Gasteiger partial charge >= 0.3 is 6.18 Å². The number of alkyl halides is 5. The van der Waals surface area contributed by atoms with Gasteiger partial charge in [-0.1, -0.05) is 5.69 Å². The van der Waals surface area contributed by atoms with Crippen LogP contribution >= 0.6 is 0 Å². The molecule has 0 spiro atoms. The van der Waals surface area contributed by atoms with Crippen molar-refractivity contribution >= 4 is 17.4 Å². The van der Waals surface area contributed by atoms with Gasteiger partial charge in [0.05, 0.1) is 5.56 Å². The number of anilines is 2. The first-order valence-corrected chi connectivity index (χ1v) is 9.06. The molecule has 10 heteroatoms. The molecule has 2 heterocycles. The van der Waals surface area contributed by atoms with Gasteiger partial charge in [0, 0.05) is 25.9 Å². The van der Waals surface area contributed by atoms with Crippen LogP contribution in [0.2, 0.25) is 0 Å². The van der Waals surface area contributed by atoms with Gasteiger partial charge in [0.1, 0.15) is 11.5 Å². The molecule has 1 aromatic carbocycles. The Morgan fingerprint density at radius 2 is 2.00 bits per heavy atom. The van der Waals surface area contributed by atoms with Gasteiger partial charge in [0.25, 0.3) is 0 Å². The molecule has 1 fully saturated rings. The summed E-state index contributed by atoms with van der Waals surface area (Å²) >= 11 is 0. The van der Waals surface area contributed by atoms with Gasteiger partial charge in [-0.2, -0.15) is 37.4 Å². The molecule has 0 bridgehead atoms. The van der Waals surface area contributed by atoms with Crippen molar-refractivity contribution in [2.45, 2.75) is 38.3 Å². The van der Waals surface area contributed by atoms with Gasteiger partial charge < -0.3 is 10.2 Å². The Bertz CT molecular complexity index is 890. The summed E-state index contributed by atoms with van der Waals surface area (Å²) in [5.74, 6) is -3.78. The summed E-state index contributed by atoms with van der Waals surface area (Å²) < 4.78 is 67.4. The zero-order chi connectivity index (χ0) is 21.2. The number of aromatic nitrogens is 1. The van der Waals surface area contributed by atoms with Crippen molar-refractivity contribution in [1.82, 2.24) is 4.98 Å². The number of nitrogens with one attached hydrogen (secondary N) is 1. The molecule has 1 amide bonds. The topological polar surface area (TPSA) is 45.2 Å². The maximum absolute atomic E-state index is 13.7. The second kappa shape index (κ2) is 8.34. The number of aryl methyl sites for hydroxylation is 1. The number of hydrogen-bond acceptors (Lipinski definition) is 3. The smallest absolute Gasteiger partial charge is 0.375 e. The van der Waals surface area contributed by atoms with E-state index in [1.165, 1.54) is 17.9 Å². The number of amides is 1. The largest absolute Gasteiger partial charge is 0.433 e. The minimum Gasteiger partial charge on any atom is -0.375 e. The van der Waals surface area contributed by atoms with Crippen LogP contribution in [0.1, 0.15) is 40.9 Å². The van der Waals surface area contributed by atoms with E-state index < -0.39 is 30.1 Å². The summed E-state index contributed by atoms with van der Waals surface area (Å²) in [6.07, 6.45) is -5.52. The van der Waals surface area contributed by atoms with E-state index in [-0.39, 0.29) is 42.9 Å². The maximum Gasteiger partial charge on any atom is 0.433 e. The van der Waals surface area contributed by atoms with Crippen LogP contribution in [0.3, 0.4) is 0 Å². The number of carbonyl (C=O) groups excluding carboxylic acids is 1. The molecule has 4 nitrogen and oxygen atoms in total. The normalized spacial score (nSPS) is 16.4. The molecule has 1 saturated heterocycles. The summed E-state index contributed by atoms with van der Waals surface area (Å²) in [6, 6.07) is 9.97. The average Bonchev–Trinajstić information content (AvgIpc) is 2.81. The van der Waals surface area contributed by atoms with Gasteiger partial charge in [-0.3, -0.25) is 4.79 Å². The van der Waals surface area contributed by atoms with E-state index in [0.717, 1.165) is 6.07 Å². The van der Waals surface area contributed by atoms with Crippen LogP contribution in [0.4, 0.5) is 33.5 Å². The molecule has 1 aliphatic rings. The van der Waals surface area contributed by atoms with E-state index in [4.69, 9.17) is 0 Å². The van der Waals surface area contributed by atoms with Crippen molar-refractivity contribution in [3.05, 3.63) is 53.2 Å². The standard InChI is InChI=1S/C20H19F5N3O.Lr/c1-13-12-15(20(23,24)25)27-17(28-10-5-8-19(21,22)9-11-28)16(13)18(29)26-14-6-3-2-4-7-14;/h2-3,6-7,12H,5,8-11H2,1H3,(H,26,29);/q-1;. The van der Waals surface area contributed by atoms with Crippen molar-refractivity contribution in [2.75, 3.05) is 23.3 Å². The third kappa shape index (κ3) is 5.01. The van der Waals surface area contributed by atoms with Crippen LogP contribution in [-0.4, -0.2) is 29.9 Å². The Morgan fingerprint density at radius 3 is 2.63 bits per heavy atom. The first kappa shape index (κ1) is 22.6. The summed E-state index contributed by atoms with van der Waals surface area (Å²) in [7, 11) is 0. The van der Waals surface area contributed by atoms with Crippen LogP contribution in [-0.2, 0) is 6.18 Å². The van der Waals surface area contributed by atoms with E-state index in [9.17, 15) is 26.7 Å². The first-order chi connectivity index (χ1) is 13.6. The molecule has 3 rings (SSSR count). The number of hydrogen-bond donors (Lipinski definition) is 1. The van der Waals surface area contributed by atoms with Gasteiger partial charge in [-0.15, -0.1) is 6.07 Å². The summed E-state index contributed by atoms with van der Waals surface area (Å²) in [4.78, 5) is 17.9. The van der Waals surface area contributed by atoms with E-state index in [2.05, 4.69) is 16.4 Å². The number of benzene rings is 1. The van der Waals surface area contributed by atoms with Gasteiger partial charge in [-0.25, -0.2) is 13.8 Å². The Labute approximate surface area is 164 Å². The molecule has 0 aliphatic carbocycles. The minimum atomic E-state index is -4.72. The third-order valence-corrected chi connectivity index (χ3v) is 4.70. The zero-order valence-corrected chi connectivity index (χ0v) is 18.0. The van der Waals surface area contributed by atoms with Crippen LogP contribution in [0, 0.1) is 13.0 Å². The van der Waals surface area contributed by atoms with E-state index >= 15 is 0 Å².